The Hall–Kier alpha value is -2.57. The molecule has 28 heavy (non-hydrogen) atoms. The number of carbonyl (C=O) groups excluding carboxylic acids is 3. The molecule has 0 aliphatic heterocycles. The largest absolute Gasteiger partial charge is 0.494 e. The minimum atomic E-state index is -0.899. The quantitative estimate of drug-likeness (QED) is 0.665. The number of carbonyl (C=O) groups is 3. The van der Waals surface area contributed by atoms with E-state index in [9.17, 15) is 14.4 Å². The molecule has 0 bridgehead atoms. The van der Waals surface area contributed by atoms with E-state index < -0.39 is 18.0 Å². The summed E-state index contributed by atoms with van der Waals surface area (Å²) in [4.78, 5) is 36.3. The van der Waals surface area contributed by atoms with E-state index in [0.717, 1.165) is 19.3 Å². The Kier molecular flexibility index (Phi) is 8.29. The van der Waals surface area contributed by atoms with Crippen molar-refractivity contribution in [2.24, 2.45) is 5.92 Å². The van der Waals surface area contributed by atoms with Crippen LogP contribution in [0.2, 0.25) is 0 Å². The van der Waals surface area contributed by atoms with Crippen LogP contribution >= 0.6 is 0 Å². The van der Waals surface area contributed by atoms with Crippen molar-refractivity contribution in [1.82, 2.24) is 10.6 Å². The summed E-state index contributed by atoms with van der Waals surface area (Å²) in [5.74, 6) is -0.253. The lowest BCUT2D eigenvalue weighted by molar-refractivity contribution is -0.154. The van der Waals surface area contributed by atoms with Gasteiger partial charge in [0, 0.05) is 11.6 Å². The van der Waals surface area contributed by atoms with Gasteiger partial charge in [-0.05, 0) is 56.9 Å². The summed E-state index contributed by atoms with van der Waals surface area (Å²) in [6, 6.07) is 6.74. The van der Waals surface area contributed by atoms with E-state index in [1.807, 2.05) is 6.92 Å². The molecular weight excluding hydrogens is 360 g/mol. The predicted molar refractivity (Wildman–Crippen MR) is 105 cm³/mol. The van der Waals surface area contributed by atoms with Crippen molar-refractivity contribution in [2.45, 2.75) is 58.6 Å². The fourth-order valence-corrected chi connectivity index (χ4v) is 3.25. The van der Waals surface area contributed by atoms with Crippen LogP contribution < -0.4 is 15.4 Å². The SMILES string of the molecule is CCOc1ccc(C(=O)NCC(=O)O[C@@H](C)C(=O)N[C@H]2CCCC[C@@H]2C)cc1. The number of esters is 1. The molecule has 154 valence electrons. The molecule has 0 radical (unpaired) electrons. The minimum Gasteiger partial charge on any atom is -0.494 e. The lowest BCUT2D eigenvalue weighted by Gasteiger charge is -2.30. The second kappa shape index (κ2) is 10.7. The topological polar surface area (TPSA) is 93.7 Å². The van der Waals surface area contributed by atoms with E-state index in [4.69, 9.17) is 9.47 Å². The molecule has 7 heteroatoms. The molecule has 2 N–H and O–H groups in total. The van der Waals surface area contributed by atoms with Crippen molar-refractivity contribution < 1.29 is 23.9 Å². The molecule has 2 rings (SSSR count). The molecule has 0 heterocycles. The summed E-state index contributed by atoms with van der Waals surface area (Å²) in [6.45, 7) is 5.78. The average molecular weight is 390 g/mol. The molecule has 1 aromatic rings. The minimum absolute atomic E-state index is 0.127. The first-order chi connectivity index (χ1) is 13.4. The van der Waals surface area contributed by atoms with Crippen molar-refractivity contribution in [1.29, 1.82) is 0 Å². The van der Waals surface area contributed by atoms with Gasteiger partial charge in [-0.2, -0.15) is 0 Å². The first-order valence-corrected chi connectivity index (χ1v) is 9.91. The third kappa shape index (κ3) is 6.55. The van der Waals surface area contributed by atoms with E-state index in [1.54, 1.807) is 24.3 Å². The highest BCUT2D eigenvalue weighted by molar-refractivity contribution is 5.96. The zero-order chi connectivity index (χ0) is 20.5. The third-order valence-electron chi connectivity index (χ3n) is 4.94. The van der Waals surface area contributed by atoms with Crippen LogP contribution in [0, 0.1) is 5.92 Å². The summed E-state index contributed by atoms with van der Waals surface area (Å²) in [5.41, 5.74) is 0.410. The van der Waals surface area contributed by atoms with Crippen LogP contribution in [0.1, 0.15) is 56.8 Å². The molecular formula is C21H30N2O5. The van der Waals surface area contributed by atoms with E-state index >= 15 is 0 Å². The monoisotopic (exact) mass is 390 g/mol. The van der Waals surface area contributed by atoms with Gasteiger partial charge in [-0.25, -0.2) is 0 Å². The smallest absolute Gasteiger partial charge is 0.326 e. The van der Waals surface area contributed by atoms with Gasteiger partial charge < -0.3 is 20.1 Å². The van der Waals surface area contributed by atoms with Gasteiger partial charge >= 0.3 is 5.97 Å². The molecule has 3 atom stereocenters. The highest BCUT2D eigenvalue weighted by atomic mass is 16.5. The number of rotatable bonds is 8. The highest BCUT2D eigenvalue weighted by Crippen LogP contribution is 2.23. The Balaban J connectivity index is 1.74. The van der Waals surface area contributed by atoms with Crippen molar-refractivity contribution in [2.75, 3.05) is 13.2 Å². The van der Waals surface area contributed by atoms with Gasteiger partial charge in [0.05, 0.1) is 6.61 Å². The predicted octanol–water partition coefficient (Wildman–Crippen LogP) is 2.44. The molecule has 0 aromatic heterocycles. The van der Waals surface area contributed by atoms with Gasteiger partial charge in [0.15, 0.2) is 6.10 Å². The zero-order valence-electron chi connectivity index (χ0n) is 16.8. The maximum absolute atomic E-state index is 12.2. The fraction of sp³-hybridized carbons (Fsp3) is 0.571. The second-order valence-corrected chi connectivity index (χ2v) is 7.15. The summed E-state index contributed by atoms with van der Waals surface area (Å²) in [5, 5.41) is 5.46. The Morgan fingerprint density at radius 2 is 1.82 bits per heavy atom. The lowest BCUT2D eigenvalue weighted by atomic mass is 9.86. The molecule has 7 nitrogen and oxygen atoms in total. The van der Waals surface area contributed by atoms with E-state index in [2.05, 4.69) is 17.6 Å². The fourth-order valence-electron chi connectivity index (χ4n) is 3.25. The van der Waals surface area contributed by atoms with Crippen LogP contribution in [0.5, 0.6) is 5.75 Å². The van der Waals surface area contributed by atoms with Crippen LogP contribution in [-0.2, 0) is 14.3 Å². The van der Waals surface area contributed by atoms with Gasteiger partial charge in [-0.15, -0.1) is 0 Å². The summed E-state index contributed by atoms with van der Waals surface area (Å²) in [6.07, 6.45) is 3.43. The Morgan fingerprint density at radius 3 is 2.46 bits per heavy atom. The Bertz CT molecular complexity index is 674. The first-order valence-electron chi connectivity index (χ1n) is 9.91. The lowest BCUT2D eigenvalue weighted by Crippen LogP contribution is -2.46. The number of benzene rings is 1. The standard InChI is InChI=1S/C21H30N2O5/c1-4-27-17-11-9-16(10-12-17)21(26)22-13-19(24)28-15(3)20(25)23-18-8-6-5-7-14(18)2/h9-12,14-15,18H,4-8,13H2,1-3H3,(H,22,26)(H,23,25)/t14-,15-,18-/m0/s1. The summed E-state index contributed by atoms with van der Waals surface area (Å²) < 4.78 is 10.5. The number of nitrogens with one attached hydrogen (secondary N) is 2. The van der Waals surface area contributed by atoms with Gasteiger partial charge in [0.1, 0.15) is 12.3 Å². The molecule has 2 amide bonds. The van der Waals surface area contributed by atoms with Crippen LogP contribution in [-0.4, -0.2) is 43.1 Å². The number of hydrogen-bond acceptors (Lipinski definition) is 5. The van der Waals surface area contributed by atoms with E-state index in [0.29, 0.717) is 23.8 Å². The van der Waals surface area contributed by atoms with Gasteiger partial charge in [-0.3, -0.25) is 14.4 Å². The summed E-state index contributed by atoms with van der Waals surface area (Å²) in [7, 11) is 0. The molecule has 1 fully saturated rings. The maximum Gasteiger partial charge on any atom is 0.326 e. The zero-order valence-corrected chi connectivity index (χ0v) is 16.8. The van der Waals surface area contributed by atoms with Crippen LogP contribution in [0.25, 0.3) is 0 Å². The molecule has 0 spiro atoms. The number of ether oxygens (including phenoxy) is 2. The van der Waals surface area contributed by atoms with Crippen molar-refractivity contribution in [3.8, 4) is 5.75 Å². The van der Waals surface area contributed by atoms with E-state index in [1.165, 1.54) is 13.3 Å². The highest BCUT2D eigenvalue weighted by Gasteiger charge is 2.26. The molecule has 1 aliphatic rings. The van der Waals surface area contributed by atoms with Crippen LogP contribution in [0.4, 0.5) is 0 Å². The van der Waals surface area contributed by atoms with Gasteiger partial charge in [0.2, 0.25) is 0 Å². The van der Waals surface area contributed by atoms with Crippen LogP contribution in [0.15, 0.2) is 24.3 Å². The van der Waals surface area contributed by atoms with Gasteiger partial charge in [0.25, 0.3) is 11.8 Å². The molecule has 0 saturated heterocycles. The normalized spacial score (nSPS) is 20.0. The molecule has 1 saturated carbocycles. The number of hydrogen-bond donors (Lipinski definition) is 2. The Labute approximate surface area is 166 Å². The molecule has 1 aromatic carbocycles. The molecule has 1 aliphatic carbocycles. The van der Waals surface area contributed by atoms with Crippen molar-refractivity contribution in [3.63, 3.8) is 0 Å². The third-order valence-corrected chi connectivity index (χ3v) is 4.94. The van der Waals surface area contributed by atoms with Crippen molar-refractivity contribution in [3.05, 3.63) is 29.8 Å². The first kappa shape index (κ1) is 21.7. The average Bonchev–Trinajstić information content (AvgIpc) is 2.68. The van der Waals surface area contributed by atoms with Gasteiger partial charge in [-0.1, -0.05) is 19.8 Å². The molecule has 0 unspecified atom stereocenters. The maximum atomic E-state index is 12.2. The van der Waals surface area contributed by atoms with Crippen LogP contribution in [0.3, 0.4) is 0 Å². The number of amides is 2. The summed E-state index contributed by atoms with van der Waals surface area (Å²) >= 11 is 0. The Morgan fingerprint density at radius 1 is 1.14 bits per heavy atom. The van der Waals surface area contributed by atoms with E-state index in [-0.39, 0.29) is 18.5 Å². The van der Waals surface area contributed by atoms with Crippen molar-refractivity contribution >= 4 is 17.8 Å². The second-order valence-electron chi connectivity index (χ2n) is 7.15.